The molecule has 0 fully saturated rings. The van der Waals surface area contributed by atoms with Crippen LogP contribution in [-0.4, -0.2) is 47.1 Å². The van der Waals surface area contributed by atoms with Crippen LogP contribution in [0, 0.1) is 0 Å². The van der Waals surface area contributed by atoms with E-state index in [4.69, 9.17) is 4.43 Å². The van der Waals surface area contributed by atoms with Gasteiger partial charge in [0.15, 0.2) is 0 Å². The van der Waals surface area contributed by atoms with E-state index >= 15 is 0 Å². The Morgan fingerprint density at radius 1 is 0.810 bits per heavy atom. The second-order valence-corrected chi connectivity index (χ2v) is 10.1. The predicted octanol–water partition coefficient (Wildman–Crippen LogP) is 2.10. The molecule has 0 aliphatic carbocycles. The van der Waals surface area contributed by atoms with Crippen LogP contribution < -0.4 is 10.4 Å². The zero-order valence-corrected chi connectivity index (χ0v) is 14.5. The smallest absolute Gasteiger partial charge is 0.253 e. The molecule has 2 aromatic carbocycles. The van der Waals surface area contributed by atoms with Crippen LogP contribution in [0.25, 0.3) is 0 Å². The van der Waals surface area contributed by atoms with Gasteiger partial charge in [-0.1, -0.05) is 60.7 Å². The summed E-state index contributed by atoms with van der Waals surface area (Å²) < 4.78 is 7.43. The minimum Gasteiger partial charge on any atom is -0.402 e. The lowest BCUT2D eigenvalue weighted by molar-refractivity contribution is -0.870. The van der Waals surface area contributed by atoms with Gasteiger partial charge in [-0.25, -0.2) is 0 Å². The summed E-state index contributed by atoms with van der Waals surface area (Å²) in [4.78, 5) is 0. The third-order valence-corrected chi connectivity index (χ3v) is 7.45. The molecule has 0 saturated heterocycles. The van der Waals surface area contributed by atoms with Gasteiger partial charge in [0.25, 0.3) is 8.32 Å². The Kier molecular flexibility index (Phi) is 4.98. The number of benzene rings is 2. The van der Waals surface area contributed by atoms with Crippen molar-refractivity contribution in [3.8, 4) is 0 Å². The standard InChI is InChI=1S/C18H26NOSi/c1-19(2,3)15-16-20-21(4,17-11-7-5-8-12-17)18-13-9-6-10-14-18/h5-14H,15-16H2,1-4H3/q+1. The van der Waals surface area contributed by atoms with E-state index in [-0.39, 0.29) is 0 Å². The topological polar surface area (TPSA) is 9.23 Å². The molecule has 0 N–H and O–H groups in total. The zero-order valence-electron chi connectivity index (χ0n) is 13.5. The van der Waals surface area contributed by atoms with E-state index in [1.165, 1.54) is 10.4 Å². The summed E-state index contributed by atoms with van der Waals surface area (Å²) in [6, 6.07) is 21.3. The van der Waals surface area contributed by atoms with Crippen molar-refractivity contribution in [3.05, 3.63) is 60.7 Å². The molecule has 0 aliphatic rings. The van der Waals surface area contributed by atoms with Crippen molar-refractivity contribution in [3.63, 3.8) is 0 Å². The molecule has 2 aromatic rings. The molecule has 0 bridgehead atoms. The van der Waals surface area contributed by atoms with Crippen LogP contribution in [0.1, 0.15) is 0 Å². The zero-order chi connectivity index (χ0) is 15.3. The third-order valence-electron chi connectivity index (χ3n) is 3.80. The van der Waals surface area contributed by atoms with E-state index in [1.54, 1.807) is 0 Å². The van der Waals surface area contributed by atoms with Crippen LogP contribution in [-0.2, 0) is 4.43 Å². The Bertz CT molecular complexity index is 509. The highest BCUT2D eigenvalue weighted by atomic mass is 28.4. The minimum atomic E-state index is -2.11. The monoisotopic (exact) mass is 300 g/mol. The van der Waals surface area contributed by atoms with Gasteiger partial charge < -0.3 is 8.91 Å². The van der Waals surface area contributed by atoms with Crippen molar-refractivity contribution >= 4 is 18.7 Å². The summed E-state index contributed by atoms with van der Waals surface area (Å²) in [5.41, 5.74) is 0. The number of nitrogens with zero attached hydrogens (tertiary/aromatic N) is 1. The Labute approximate surface area is 129 Å². The summed E-state index contributed by atoms with van der Waals surface area (Å²) >= 11 is 0. The number of rotatable bonds is 6. The van der Waals surface area contributed by atoms with E-state index in [0.717, 1.165) is 17.6 Å². The van der Waals surface area contributed by atoms with Gasteiger partial charge in [0.05, 0.1) is 27.7 Å². The van der Waals surface area contributed by atoms with Gasteiger partial charge in [-0.2, -0.15) is 0 Å². The van der Waals surface area contributed by atoms with E-state index in [9.17, 15) is 0 Å². The first-order valence-electron chi connectivity index (χ1n) is 7.47. The molecule has 21 heavy (non-hydrogen) atoms. The number of quaternary nitrogens is 1. The fraction of sp³-hybridized carbons (Fsp3) is 0.333. The van der Waals surface area contributed by atoms with Crippen molar-refractivity contribution in [1.82, 2.24) is 0 Å². The van der Waals surface area contributed by atoms with Crippen molar-refractivity contribution in [2.45, 2.75) is 6.55 Å². The van der Waals surface area contributed by atoms with E-state index in [0.29, 0.717) is 0 Å². The maximum atomic E-state index is 6.50. The maximum absolute atomic E-state index is 6.50. The fourth-order valence-corrected chi connectivity index (χ4v) is 5.19. The lowest BCUT2D eigenvalue weighted by Gasteiger charge is -2.31. The van der Waals surface area contributed by atoms with Gasteiger partial charge in [-0.15, -0.1) is 0 Å². The third kappa shape index (κ3) is 4.27. The highest BCUT2D eigenvalue weighted by molar-refractivity contribution is 6.96. The molecule has 0 saturated carbocycles. The van der Waals surface area contributed by atoms with Crippen LogP contribution in [0.3, 0.4) is 0 Å². The van der Waals surface area contributed by atoms with E-state index in [2.05, 4.69) is 88.4 Å². The van der Waals surface area contributed by atoms with E-state index < -0.39 is 8.32 Å². The van der Waals surface area contributed by atoms with Gasteiger partial charge >= 0.3 is 0 Å². The van der Waals surface area contributed by atoms with Gasteiger partial charge in [-0.05, 0) is 16.9 Å². The average Bonchev–Trinajstić information content (AvgIpc) is 2.47. The lowest BCUT2D eigenvalue weighted by Crippen LogP contribution is -2.59. The number of hydrogen-bond acceptors (Lipinski definition) is 1. The highest BCUT2D eigenvalue weighted by Gasteiger charge is 2.34. The Hall–Kier alpha value is -1.42. The molecule has 0 aliphatic heterocycles. The molecular weight excluding hydrogens is 274 g/mol. The normalized spacial score (nSPS) is 12.4. The average molecular weight is 300 g/mol. The fourth-order valence-electron chi connectivity index (χ4n) is 2.37. The van der Waals surface area contributed by atoms with Crippen LogP contribution in [0.2, 0.25) is 6.55 Å². The minimum absolute atomic E-state index is 0.788. The molecule has 0 unspecified atom stereocenters. The molecule has 0 spiro atoms. The molecular formula is C18H26NOSi+. The van der Waals surface area contributed by atoms with Crippen LogP contribution >= 0.6 is 0 Å². The Morgan fingerprint density at radius 3 is 1.62 bits per heavy atom. The molecule has 0 atom stereocenters. The van der Waals surface area contributed by atoms with Crippen molar-refractivity contribution < 1.29 is 8.91 Å². The Balaban J connectivity index is 2.27. The second-order valence-electron chi connectivity index (χ2n) is 6.63. The maximum Gasteiger partial charge on any atom is 0.253 e. The molecule has 3 heteroatoms. The summed E-state index contributed by atoms with van der Waals surface area (Å²) in [6.45, 7) is 4.10. The lowest BCUT2D eigenvalue weighted by atomic mass is 10.4. The molecule has 0 amide bonds. The predicted molar refractivity (Wildman–Crippen MR) is 92.6 cm³/mol. The van der Waals surface area contributed by atoms with Gasteiger partial charge in [-0.3, -0.25) is 0 Å². The van der Waals surface area contributed by atoms with Crippen LogP contribution in [0.5, 0.6) is 0 Å². The first kappa shape index (κ1) is 16.0. The van der Waals surface area contributed by atoms with Crippen molar-refractivity contribution in [1.29, 1.82) is 0 Å². The molecule has 0 radical (unpaired) electrons. The summed E-state index contributed by atoms with van der Waals surface area (Å²) in [5, 5.41) is 2.66. The molecule has 0 aromatic heterocycles. The second kappa shape index (κ2) is 6.56. The first-order chi connectivity index (χ1) is 9.92. The van der Waals surface area contributed by atoms with Gasteiger partial charge in [0, 0.05) is 0 Å². The highest BCUT2D eigenvalue weighted by Crippen LogP contribution is 2.08. The Morgan fingerprint density at radius 2 is 1.24 bits per heavy atom. The SMILES string of the molecule is C[N+](C)(C)CCO[Si](C)(c1ccccc1)c1ccccc1. The quantitative estimate of drug-likeness (QED) is 0.586. The summed E-state index contributed by atoms with van der Waals surface area (Å²) in [6.07, 6.45) is 0. The van der Waals surface area contributed by atoms with Crippen molar-refractivity contribution in [2.75, 3.05) is 34.3 Å². The first-order valence-corrected chi connectivity index (χ1v) is 9.88. The van der Waals surface area contributed by atoms with Crippen LogP contribution in [0.15, 0.2) is 60.7 Å². The molecule has 112 valence electrons. The van der Waals surface area contributed by atoms with Gasteiger partial charge in [0.1, 0.15) is 6.54 Å². The largest absolute Gasteiger partial charge is 0.402 e. The molecule has 0 heterocycles. The summed E-state index contributed by atoms with van der Waals surface area (Å²) in [7, 11) is 4.49. The van der Waals surface area contributed by atoms with Crippen molar-refractivity contribution in [2.24, 2.45) is 0 Å². The number of hydrogen-bond donors (Lipinski definition) is 0. The molecule has 2 nitrogen and oxygen atoms in total. The van der Waals surface area contributed by atoms with Gasteiger partial charge in [0.2, 0.25) is 0 Å². The summed E-state index contributed by atoms with van der Waals surface area (Å²) in [5.74, 6) is 0. The van der Waals surface area contributed by atoms with E-state index in [1.807, 2.05) is 0 Å². The van der Waals surface area contributed by atoms with Crippen LogP contribution in [0.4, 0.5) is 0 Å². The number of likely N-dealkylation sites (N-methyl/N-ethyl adjacent to an activating group) is 1. The molecule has 2 rings (SSSR count).